The maximum atomic E-state index is 12.0. The number of hydrogen-bond donors (Lipinski definition) is 3. The molecule has 4 nitrogen and oxygen atoms in total. The molecule has 0 bridgehead atoms. The van der Waals surface area contributed by atoms with Crippen LogP contribution in [0.5, 0.6) is 0 Å². The molecule has 0 radical (unpaired) electrons. The molecule has 3 rings (SSSR count). The Hall–Kier alpha value is -1.69. The van der Waals surface area contributed by atoms with Crippen LogP contribution in [0.4, 0.5) is 0 Å². The van der Waals surface area contributed by atoms with Crippen LogP contribution >= 0.6 is 11.3 Å². The van der Waals surface area contributed by atoms with Crippen molar-refractivity contribution >= 4 is 17.2 Å². The minimum absolute atomic E-state index is 0.0945. The SMILES string of the molecule is Cc1ccc(C2NNCC2CNC(=O)Cc2cccs2)cc1. The van der Waals surface area contributed by atoms with E-state index in [4.69, 9.17) is 0 Å². The quantitative estimate of drug-likeness (QED) is 0.793. The van der Waals surface area contributed by atoms with Gasteiger partial charge in [0, 0.05) is 23.9 Å². The molecule has 22 heavy (non-hydrogen) atoms. The van der Waals surface area contributed by atoms with Crippen molar-refractivity contribution in [2.75, 3.05) is 13.1 Å². The highest BCUT2D eigenvalue weighted by atomic mass is 32.1. The number of carbonyl (C=O) groups is 1. The average Bonchev–Trinajstić information content (AvgIpc) is 3.17. The third kappa shape index (κ3) is 3.74. The van der Waals surface area contributed by atoms with Gasteiger partial charge in [0.15, 0.2) is 0 Å². The molecule has 1 saturated heterocycles. The molecule has 2 heterocycles. The van der Waals surface area contributed by atoms with Gasteiger partial charge in [-0.1, -0.05) is 35.9 Å². The van der Waals surface area contributed by atoms with Crippen LogP contribution in [-0.4, -0.2) is 19.0 Å². The van der Waals surface area contributed by atoms with Crippen molar-refractivity contribution in [2.45, 2.75) is 19.4 Å². The van der Waals surface area contributed by atoms with E-state index in [0.717, 1.165) is 11.4 Å². The number of nitrogens with one attached hydrogen (secondary N) is 3. The summed E-state index contributed by atoms with van der Waals surface area (Å²) < 4.78 is 0. The molecule has 2 aromatic rings. The van der Waals surface area contributed by atoms with Gasteiger partial charge in [0.2, 0.25) is 5.91 Å². The molecule has 5 heteroatoms. The molecule has 1 aliphatic heterocycles. The van der Waals surface area contributed by atoms with E-state index in [2.05, 4.69) is 47.4 Å². The van der Waals surface area contributed by atoms with Crippen LogP contribution in [0.15, 0.2) is 41.8 Å². The minimum Gasteiger partial charge on any atom is -0.355 e. The number of hydrazine groups is 1. The van der Waals surface area contributed by atoms with E-state index in [0.29, 0.717) is 18.9 Å². The number of benzene rings is 1. The molecule has 1 aromatic heterocycles. The van der Waals surface area contributed by atoms with Gasteiger partial charge < -0.3 is 5.32 Å². The van der Waals surface area contributed by atoms with E-state index in [1.54, 1.807) is 11.3 Å². The van der Waals surface area contributed by atoms with Gasteiger partial charge >= 0.3 is 0 Å². The molecule has 2 unspecified atom stereocenters. The monoisotopic (exact) mass is 315 g/mol. The fraction of sp³-hybridized carbons (Fsp3) is 0.353. The Balaban J connectivity index is 1.55. The average molecular weight is 315 g/mol. The van der Waals surface area contributed by atoms with Gasteiger partial charge in [-0.05, 0) is 23.9 Å². The largest absolute Gasteiger partial charge is 0.355 e. The predicted molar refractivity (Wildman–Crippen MR) is 89.6 cm³/mol. The first kappa shape index (κ1) is 15.2. The molecule has 116 valence electrons. The van der Waals surface area contributed by atoms with Gasteiger partial charge in [-0.25, -0.2) is 5.43 Å². The summed E-state index contributed by atoms with van der Waals surface area (Å²) in [6.07, 6.45) is 0.473. The number of thiophene rings is 1. The third-order valence-corrected chi connectivity index (χ3v) is 4.88. The van der Waals surface area contributed by atoms with Gasteiger partial charge in [-0.2, -0.15) is 0 Å². The number of carbonyl (C=O) groups excluding carboxylic acids is 1. The molecular formula is C17H21N3OS. The Labute approximate surface area is 134 Å². The molecule has 0 aliphatic carbocycles. The zero-order valence-corrected chi connectivity index (χ0v) is 13.5. The summed E-state index contributed by atoms with van der Waals surface area (Å²) in [5.74, 6) is 0.451. The van der Waals surface area contributed by atoms with Crippen molar-refractivity contribution in [3.05, 3.63) is 57.8 Å². The molecule has 1 amide bonds. The molecule has 1 aliphatic rings. The Morgan fingerprint density at radius 3 is 2.86 bits per heavy atom. The summed E-state index contributed by atoms with van der Waals surface area (Å²) in [6, 6.07) is 12.8. The van der Waals surface area contributed by atoms with E-state index in [-0.39, 0.29) is 11.9 Å². The van der Waals surface area contributed by atoms with E-state index in [1.807, 2.05) is 17.5 Å². The smallest absolute Gasteiger partial charge is 0.225 e. The zero-order valence-electron chi connectivity index (χ0n) is 12.6. The molecule has 1 fully saturated rings. The van der Waals surface area contributed by atoms with Gasteiger partial charge in [0.1, 0.15) is 0 Å². The van der Waals surface area contributed by atoms with Crippen LogP contribution in [0.2, 0.25) is 0 Å². The topological polar surface area (TPSA) is 53.2 Å². The lowest BCUT2D eigenvalue weighted by Crippen LogP contribution is -2.33. The summed E-state index contributed by atoms with van der Waals surface area (Å²) in [7, 11) is 0. The Bertz CT molecular complexity index is 609. The Morgan fingerprint density at radius 1 is 1.32 bits per heavy atom. The van der Waals surface area contributed by atoms with Crippen molar-refractivity contribution in [2.24, 2.45) is 5.92 Å². The normalized spacial score (nSPS) is 21.0. The maximum absolute atomic E-state index is 12.0. The summed E-state index contributed by atoms with van der Waals surface area (Å²) >= 11 is 1.62. The summed E-state index contributed by atoms with van der Waals surface area (Å²) in [5.41, 5.74) is 9.04. The Kier molecular flexibility index (Phi) is 4.87. The first-order chi connectivity index (χ1) is 10.7. The van der Waals surface area contributed by atoms with Crippen molar-refractivity contribution in [3.63, 3.8) is 0 Å². The van der Waals surface area contributed by atoms with Crippen molar-refractivity contribution in [1.82, 2.24) is 16.2 Å². The van der Waals surface area contributed by atoms with Crippen molar-refractivity contribution in [3.8, 4) is 0 Å². The van der Waals surface area contributed by atoms with E-state index >= 15 is 0 Å². The van der Waals surface area contributed by atoms with Gasteiger partial charge in [0.25, 0.3) is 0 Å². The second-order valence-corrected chi connectivity index (χ2v) is 6.77. The summed E-state index contributed by atoms with van der Waals surface area (Å²) in [5, 5.41) is 5.06. The van der Waals surface area contributed by atoms with Crippen molar-refractivity contribution < 1.29 is 4.79 Å². The maximum Gasteiger partial charge on any atom is 0.225 e. The molecule has 1 aromatic carbocycles. The third-order valence-electron chi connectivity index (χ3n) is 4.01. The van der Waals surface area contributed by atoms with Crippen LogP contribution in [-0.2, 0) is 11.2 Å². The first-order valence-corrected chi connectivity index (χ1v) is 8.44. The predicted octanol–water partition coefficient (Wildman–Crippen LogP) is 2.18. The lowest BCUT2D eigenvalue weighted by Gasteiger charge is -2.19. The second kappa shape index (κ2) is 7.05. The van der Waals surface area contributed by atoms with Crippen LogP contribution in [0.3, 0.4) is 0 Å². The lowest BCUT2D eigenvalue weighted by molar-refractivity contribution is -0.120. The fourth-order valence-electron chi connectivity index (χ4n) is 2.73. The van der Waals surface area contributed by atoms with Crippen LogP contribution in [0, 0.1) is 12.8 Å². The van der Waals surface area contributed by atoms with Crippen LogP contribution in [0.1, 0.15) is 22.0 Å². The molecule has 0 spiro atoms. The Morgan fingerprint density at radius 2 is 2.14 bits per heavy atom. The van der Waals surface area contributed by atoms with Gasteiger partial charge in [-0.3, -0.25) is 10.2 Å². The number of rotatable bonds is 5. The lowest BCUT2D eigenvalue weighted by atomic mass is 9.94. The van der Waals surface area contributed by atoms with Crippen LogP contribution in [0.25, 0.3) is 0 Å². The number of amides is 1. The zero-order chi connectivity index (χ0) is 15.4. The van der Waals surface area contributed by atoms with E-state index < -0.39 is 0 Å². The van der Waals surface area contributed by atoms with E-state index in [1.165, 1.54) is 11.1 Å². The molecule has 3 N–H and O–H groups in total. The van der Waals surface area contributed by atoms with E-state index in [9.17, 15) is 4.79 Å². The standard InChI is InChI=1S/C17H21N3OS/c1-12-4-6-13(7-5-12)17-14(11-19-20-17)10-18-16(21)9-15-3-2-8-22-15/h2-8,14,17,19-20H,9-11H2,1H3,(H,18,21). The highest BCUT2D eigenvalue weighted by Gasteiger charge is 2.28. The van der Waals surface area contributed by atoms with Crippen LogP contribution < -0.4 is 16.2 Å². The highest BCUT2D eigenvalue weighted by molar-refractivity contribution is 7.10. The molecule has 2 atom stereocenters. The summed E-state index contributed by atoms with van der Waals surface area (Å²) in [4.78, 5) is 13.1. The molecular weight excluding hydrogens is 294 g/mol. The highest BCUT2D eigenvalue weighted by Crippen LogP contribution is 2.24. The number of aryl methyl sites for hydroxylation is 1. The summed E-state index contributed by atoms with van der Waals surface area (Å²) in [6.45, 7) is 3.63. The molecule has 0 saturated carbocycles. The van der Waals surface area contributed by atoms with Gasteiger partial charge in [-0.15, -0.1) is 11.3 Å². The fourth-order valence-corrected chi connectivity index (χ4v) is 3.44. The first-order valence-electron chi connectivity index (χ1n) is 7.56. The minimum atomic E-state index is 0.0945. The van der Waals surface area contributed by atoms with Gasteiger partial charge in [0.05, 0.1) is 12.5 Å². The van der Waals surface area contributed by atoms with Crippen molar-refractivity contribution in [1.29, 1.82) is 0 Å². The number of hydrogen-bond acceptors (Lipinski definition) is 4. The second-order valence-electron chi connectivity index (χ2n) is 5.73.